The van der Waals surface area contributed by atoms with E-state index in [2.05, 4.69) is 15.3 Å². The van der Waals surface area contributed by atoms with Crippen molar-refractivity contribution in [1.82, 2.24) is 15.3 Å². The molecular formula is C13H19N5O2. The Kier molecular flexibility index (Phi) is 3.79. The van der Waals surface area contributed by atoms with Crippen LogP contribution in [-0.4, -0.2) is 47.7 Å². The molecule has 3 rings (SSSR count). The van der Waals surface area contributed by atoms with Crippen LogP contribution in [0.15, 0.2) is 12.4 Å². The van der Waals surface area contributed by atoms with E-state index in [0.717, 1.165) is 12.8 Å². The number of aromatic nitrogens is 2. The number of nitrogens with two attached hydrogens (primary N) is 1. The van der Waals surface area contributed by atoms with Crippen LogP contribution in [0, 0.1) is 0 Å². The van der Waals surface area contributed by atoms with Gasteiger partial charge in [-0.2, -0.15) is 0 Å². The highest BCUT2D eigenvalue weighted by Gasteiger charge is 2.34. The fourth-order valence-electron chi connectivity index (χ4n) is 2.34. The number of nitrogens with one attached hydrogen (secondary N) is 1. The van der Waals surface area contributed by atoms with Crippen LogP contribution in [0.1, 0.15) is 18.5 Å². The molecule has 1 saturated carbocycles. The topological polar surface area (TPSA) is 93.4 Å². The summed E-state index contributed by atoms with van der Waals surface area (Å²) >= 11 is 0. The number of amides is 1. The second-order valence-corrected chi connectivity index (χ2v) is 5.10. The molecule has 0 bridgehead atoms. The van der Waals surface area contributed by atoms with Gasteiger partial charge in [-0.25, -0.2) is 4.98 Å². The Morgan fingerprint density at radius 1 is 1.45 bits per heavy atom. The van der Waals surface area contributed by atoms with E-state index < -0.39 is 0 Å². The molecule has 3 N–H and O–H groups in total. The van der Waals surface area contributed by atoms with Gasteiger partial charge in [-0.3, -0.25) is 9.78 Å². The van der Waals surface area contributed by atoms with E-state index >= 15 is 0 Å². The quantitative estimate of drug-likeness (QED) is 0.765. The zero-order valence-electron chi connectivity index (χ0n) is 11.3. The van der Waals surface area contributed by atoms with E-state index in [-0.39, 0.29) is 11.9 Å². The van der Waals surface area contributed by atoms with E-state index in [4.69, 9.17) is 10.5 Å². The fourth-order valence-corrected chi connectivity index (χ4v) is 2.34. The number of nitrogens with zero attached hydrogens (tertiary/aromatic N) is 3. The third kappa shape index (κ3) is 2.73. The van der Waals surface area contributed by atoms with Gasteiger partial charge in [-0.1, -0.05) is 0 Å². The van der Waals surface area contributed by atoms with E-state index in [9.17, 15) is 4.79 Å². The number of ether oxygens (including phenoxy) is 1. The summed E-state index contributed by atoms with van der Waals surface area (Å²) in [5, 5.41) is 3.02. The van der Waals surface area contributed by atoms with Crippen LogP contribution < -0.4 is 16.0 Å². The van der Waals surface area contributed by atoms with Gasteiger partial charge in [0.2, 0.25) is 5.91 Å². The molecule has 2 aliphatic rings. The highest BCUT2D eigenvalue weighted by atomic mass is 16.5. The lowest BCUT2D eigenvalue weighted by atomic mass is 10.2. The van der Waals surface area contributed by atoms with E-state index in [0.29, 0.717) is 43.9 Å². The highest BCUT2D eigenvalue weighted by Crippen LogP contribution is 2.22. The first kappa shape index (κ1) is 13.3. The molecule has 1 atom stereocenters. The summed E-state index contributed by atoms with van der Waals surface area (Å²) in [6, 6.07) is -0.0199. The molecule has 2 heterocycles. The number of hydrogen-bond donors (Lipinski definition) is 2. The molecule has 7 heteroatoms. The number of carbonyl (C=O) groups excluding carboxylic acids is 1. The van der Waals surface area contributed by atoms with Crippen LogP contribution in [0.4, 0.5) is 5.82 Å². The summed E-state index contributed by atoms with van der Waals surface area (Å²) in [7, 11) is 0. The van der Waals surface area contributed by atoms with Gasteiger partial charge < -0.3 is 20.7 Å². The third-order valence-electron chi connectivity index (χ3n) is 3.57. The van der Waals surface area contributed by atoms with Gasteiger partial charge in [0.1, 0.15) is 6.04 Å². The summed E-state index contributed by atoms with van der Waals surface area (Å²) < 4.78 is 5.45. The second kappa shape index (κ2) is 5.72. The molecule has 0 spiro atoms. The third-order valence-corrected chi connectivity index (χ3v) is 3.57. The van der Waals surface area contributed by atoms with Crippen LogP contribution in [-0.2, 0) is 16.1 Å². The van der Waals surface area contributed by atoms with Crippen LogP contribution in [0.5, 0.6) is 0 Å². The van der Waals surface area contributed by atoms with Gasteiger partial charge in [-0.05, 0) is 12.8 Å². The Balaban J connectivity index is 1.82. The average molecular weight is 277 g/mol. The van der Waals surface area contributed by atoms with Crippen molar-refractivity contribution < 1.29 is 9.53 Å². The normalized spacial score (nSPS) is 22.6. The van der Waals surface area contributed by atoms with Crippen molar-refractivity contribution in [2.45, 2.75) is 31.5 Å². The SMILES string of the molecule is NCc1nccnc1N1CCOCC1C(=O)NC1CC1. The molecule has 1 aromatic heterocycles. The van der Waals surface area contributed by atoms with Crippen molar-refractivity contribution >= 4 is 11.7 Å². The number of anilines is 1. The fraction of sp³-hybridized carbons (Fsp3) is 0.615. The molecule has 1 unspecified atom stereocenters. The average Bonchev–Trinajstić information content (AvgIpc) is 3.31. The number of carbonyl (C=O) groups is 1. The maximum absolute atomic E-state index is 12.3. The lowest BCUT2D eigenvalue weighted by Gasteiger charge is -2.36. The first-order valence-corrected chi connectivity index (χ1v) is 6.94. The van der Waals surface area contributed by atoms with Gasteiger partial charge in [0.05, 0.1) is 18.9 Å². The van der Waals surface area contributed by atoms with Crippen molar-refractivity contribution in [1.29, 1.82) is 0 Å². The summed E-state index contributed by atoms with van der Waals surface area (Å²) in [5.41, 5.74) is 6.42. The van der Waals surface area contributed by atoms with Crippen molar-refractivity contribution in [3.05, 3.63) is 18.1 Å². The minimum absolute atomic E-state index is 0.000763. The minimum Gasteiger partial charge on any atom is -0.377 e. The van der Waals surface area contributed by atoms with Crippen molar-refractivity contribution in [3.63, 3.8) is 0 Å². The molecule has 0 radical (unpaired) electrons. The van der Waals surface area contributed by atoms with Crippen LogP contribution in [0.2, 0.25) is 0 Å². The van der Waals surface area contributed by atoms with Crippen LogP contribution >= 0.6 is 0 Å². The summed E-state index contributed by atoms with van der Waals surface area (Å²) in [4.78, 5) is 22.9. The maximum Gasteiger partial charge on any atom is 0.245 e. The lowest BCUT2D eigenvalue weighted by molar-refractivity contribution is -0.124. The highest BCUT2D eigenvalue weighted by molar-refractivity contribution is 5.86. The zero-order valence-corrected chi connectivity index (χ0v) is 11.3. The Labute approximate surface area is 117 Å². The molecule has 1 aliphatic carbocycles. The van der Waals surface area contributed by atoms with Gasteiger partial charge in [0.15, 0.2) is 5.82 Å². The molecule has 2 fully saturated rings. The number of rotatable bonds is 4. The Bertz CT molecular complexity index is 491. The largest absolute Gasteiger partial charge is 0.377 e. The first-order valence-electron chi connectivity index (χ1n) is 6.94. The first-order chi connectivity index (χ1) is 9.79. The van der Waals surface area contributed by atoms with E-state index in [1.807, 2.05) is 4.90 Å². The Morgan fingerprint density at radius 2 is 2.25 bits per heavy atom. The summed E-state index contributed by atoms with van der Waals surface area (Å²) in [6.07, 6.45) is 5.38. The lowest BCUT2D eigenvalue weighted by Crippen LogP contribution is -2.55. The maximum atomic E-state index is 12.3. The molecule has 108 valence electrons. The van der Waals surface area contributed by atoms with Gasteiger partial charge in [0.25, 0.3) is 0 Å². The molecule has 7 nitrogen and oxygen atoms in total. The van der Waals surface area contributed by atoms with Crippen LogP contribution in [0.25, 0.3) is 0 Å². The minimum atomic E-state index is -0.355. The van der Waals surface area contributed by atoms with Gasteiger partial charge >= 0.3 is 0 Å². The molecule has 1 aromatic rings. The molecular weight excluding hydrogens is 258 g/mol. The van der Waals surface area contributed by atoms with Crippen molar-refractivity contribution in [3.8, 4) is 0 Å². The van der Waals surface area contributed by atoms with Gasteiger partial charge in [-0.15, -0.1) is 0 Å². The predicted molar refractivity (Wildman–Crippen MR) is 73.0 cm³/mol. The number of hydrogen-bond acceptors (Lipinski definition) is 6. The summed E-state index contributed by atoms with van der Waals surface area (Å²) in [5.74, 6) is 0.690. The van der Waals surface area contributed by atoms with E-state index in [1.54, 1.807) is 12.4 Å². The molecule has 20 heavy (non-hydrogen) atoms. The monoisotopic (exact) mass is 277 g/mol. The van der Waals surface area contributed by atoms with Crippen LogP contribution in [0.3, 0.4) is 0 Å². The number of morpholine rings is 1. The Morgan fingerprint density at radius 3 is 3.00 bits per heavy atom. The van der Waals surface area contributed by atoms with Crippen molar-refractivity contribution in [2.75, 3.05) is 24.7 Å². The molecule has 1 aliphatic heterocycles. The second-order valence-electron chi connectivity index (χ2n) is 5.10. The zero-order chi connectivity index (χ0) is 13.9. The summed E-state index contributed by atoms with van der Waals surface area (Å²) in [6.45, 7) is 1.87. The molecule has 1 saturated heterocycles. The Hall–Kier alpha value is -1.73. The van der Waals surface area contributed by atoms with E-state index in [1.165, 1.54) is 0 Å². The predicted octanol–water partition coefficient (Wildman–Crippen LogP) is -0.581. The smallest absolute Gasteiger partial charge is 0.245 e. The van der Waals surface area contributed by atoms with Crippen molar-refractivity contribution in [2.24, 2.45) is 5.73 Å². The molecule has 1 amide bonds. The standard InChI is InChI=1S/C13H19N5O2/c14-7-10-12(16-4-3-15-10)18-5-6-20-8-11(18)13(19)17-9-1-2-9/h3-4,9,11H,1-2,5-8,14H2,(H,17,19). The molecule has 0 aromatic carbocycles. The van der Waals surface area contributed by atoms with Gasteiger partial charge in [0, 0.05) is 31.5 Å².